The van der Waals surface area contributed by atoms with Crippen LogP contribution in [-0.2, 0) is 6.54 Å². The molecular weight excluding hydrogens is 262 g/mol. The summed E-state index contributed by atoms with van der Waals surface area (Å²) in [6.07, 6.45) is 5.49. The largest absolute Gasteiger partial charge is 0.295 e. The standard InChI is InChI=1S/C14H20BrN/c15-11-14-9-5-2-6-10-16(14)12-13-7-3-1-4-8-13/h1,3-4,7-8,14H,2,5-6,9-12H2. The van der Waals surface area contributed by atoms with Crippen molar-refractivity contribution in [1.82, 2.24) is 4.90 Å². The van der Waals surface area contributed by atoms with Gasteiger partial charge in [-0.2, -0.15) is 0 Å². The molecule has 1 aromatic rings. The lowest BCUT2D eigenvalue weighted by Crippen LogP contribution is -2.35. The van der Waals surface area contributed by atoms with Crippen LogP contribution in [0.3, 0.4) is 0 Å². The van der Waals surface area contributed by atoms with Crippen molar-refractivity contribution in [2.45, 2.75) is 38.3 Å². The Hall–Kier alpha value is -0.340. The molecule has 1 aliphatic rings. The second kappa shape index (κ2) is 6.41. The molecule has 0 aliphatic carbocycles. The fourth-order valence-electron chi connectivity index (χ4n) is 2.44. The molecule has 2 rings (SSSR count). The highest BCUT2D eigenvalue weighted by molar-refractivity contribution is 9.09. The molecule has 1 fully saturated rings. The number of benzene rings is 1. The van der Waals surface area contributed by atoms with Crippen molar-refractivity contribution < 1.29 is 0 Å². The molecule has 1 nitrogen and oxygen atoms in total. The molecular formula is C14H20BrN. The molecule has 0 radical (unpaired) electrons. The van der Waals surface area contributed by atoms with Crippen LogP contribution >= 0.6 is 15.9 Å². The fourth-order valence-corrected chi connectivity index (χ4v) is 3.17. The Morgan fingerprint density at radius 3 is 2.69 bits per heavy atom. The van der Waals surface area contributed by atoms with E-state index in [4.69, 9.17) is 0 Å². The zero-order chi connectivity index (χ0) is 11.2. The zero-order valence-electron chi connectivity index (χ0n) is 9.74. The van der Waals surface area contributed by atoms with E-state index in [-0.39, 0.29) is 0 Å². The van der Waals surface area contributed by atoms with E-state index in [1.807, 2.05) is 0 Å². The Morgan fingerprint density at radius 1 is 1.12 bits per heavy atom. The summed E-state index contributed by atoms with van der Waals surface area (Å²) < 4.78 is 0. The van der Waals surface area contributed by atoms with E-state index >= 15 is 0 Å². The summed E-state index contributed by atoms with van der Waals surface area (Å²) in [5, 5.41) is 1.11. The van der Waals surface area contributed by atoms with E-state index in [1.54, 1.807) is 0 Å². The summed E-state index contributed by atoms with van der Waals surface area (Å²) >= 11 is 3.66. The van der Waals surface area contributed by atoms with Crippen LogP contribution in [0.25, 0.3) is 0 Å². The predicted molar refractivity (Wildman–Crippen MR) is 72.9 cm³/mol. The number of nitrogens with zero attached hydrogens (tertiary/aromatic N) is 1. The zero-order valence-corrected chi connectivity index (χ0v) is 11.3. The average molecular weight is 282 g/mol. The molecule has 1 unspecified atom stereocenters. The molecule has 1 aromatic carbocycles. The van der Waals surface area contributed by atoms with Gasteiger partial charge < -0.3 is 0 Å². The molecule has 0 aromatic heterocycles. The van der Waals surface area contributed by atoms with Crippen LogP contribution in [0.15, 0.2) is 30.3 Å². The van der Waals surface area contributed by atoms with Crippen LogP contribution < -0.4 is 0 Å². The van der Waals surface area contributed by atoms with Crippen molar-refractivity contribution in [3.05, 3.63) is 35.9 Å². The van der Waals surface area contributed by atoms with Crippen molar-refractivity contribution >= 4 is 15.9 Å². The second-order valence-corrected chi connectivity index (χ2v) is 5.26. The van der Waals surface area contributed by atoms with Gasteiger partial charge in [0.25, 0.3) is 0 Å². The summed E-state index contributed by atoms with van der Waals surface area (Å²) in [5.41, 5.74) is 1.44. The fraction of sp³-hybridized carbons (Fsp3) is 0.571. The van der Waals surface area contributed by atoms with Crippen LogP contribution in [-0.4, -0.2) is 22.8 Å². The number of rotatable bonds is 3. The number of halogens is 1. The van der Waals surface area contributed by atoms with E-state index in [2.05, 4.69) is 51.2 Å². The third-order valence-electron chi connectivity index (χ3n) is 3.41. The third-order valence-corrected chi connectivity index (χ3v) is 4.15. The van der Waals surface area contributed by atoms with Gasteiger partial charge in [-0.05, 0) is 24.9 Å². The lowest BCUT2D eigenvalue weighted by Gasteiger charge is -2.28. The van der Waals surface area contributed by atoms with Gasteiger partial charge >= 0.3 is 0 Å². The Morgan fingerprint density at radius 2 is 1.94 bits per heavy atom. The van der Waals surface area contributed by atoms with Gasteiger partial charge in [-0.1, -0.05) is 59.1 Å². The molecule has 16 heavy (non-hydrogen) atoms. The van der Waals surface area contributed by atoms with E-state index in [0.29, 0.717) is 0 Å². The van der Waals surface area contributed by atoms with Gasteiger partial charge in [0.2, 0.25) is 0 Å². The molecule has 1 saturated heterocycles. The van der Waals surface area contributed by atoms with E-state index in [9.17, 15) is 0 Å². The minimum Gasteiger partial charge on any atom is -0.295 e. The molecule has 1 atom stereocenters. The molecule has 0 saturated carbocycles. The van der Waals surface area contributed by atoms with Gasteiger partial charge in [-0.15, -0.1) is 0 Å². The average Bonchev–Trinajstić information content (AvgIpc) is 2.55. The number of alkyl halides is 1. The van der Waals surface area contributed by atoms with Gasteiger partial charge in [0.1, 0.15) is 0 Å². The van der Waals surface area contributed by atoms with Crippen LogP contribution in [0, 0.1) is 0 Å². The molecule has 0 spiro atoms. The van der Waals surface area contributed by atoms with Crippen molar-refractivity contribution in [2.24, 2.45) is 0 Å². The second-order valence-electron chi connectivity index (χ2n) is 4.61. The molecule has 0 N–H and O–H groups in total. The maximum atomic E-state index is 3.66. The molecule has 2 heteroatoms. The van der Waals surface area contributed by atoms with Crippen molar-refractivity contribution in [3.63, 3.8) is 0 Å². The van der Waals surface area contributed by atoms with Gasteiger partial charge in [-0.3, -0.25) is 4.90 Å². The quantitative estimate of drug-likeness (QED) is 0.762. The molecule has 88 valence electrons. The number of likely N-dealkylation sites (tertiary alicyclic amines) is 1. The molecule has 1 aliphatic heterocycles. The Kier molecular flexibility index (Phi) is 4.86. The van der Waals surface area contributed by atoms with Crippen LogP contribution in [0.2, 0.25) is 0 Å². The summed E-state index contributed by atoms with van der Waals surface area (Å²) in [6, 6.07) is 11.6. The maximum absolute atomic E-state index is 3.66. The summed E-state index contributed by atoms with van der Waals surface area (Å²) in [7, 11) is 0. The van der Waals surface area contributed by atoms with E-state index in [0.717, 1.165) is 17.9 Å². The first-order valence-corrected chi connectivity index (χ1v) is 7.36. The summed E-state index contributed by atoms with van der Waals surface area (Å²) in [6.45, 7) is 2.36. The van der Waals surface area contributed by atoms with Gasteiger partial charge in [0, 0.05) is 17.9 Å². The highest BCUT2D eigenvalue weighted by Crippen LogP contribution is 2.20. The maximum Gasteiger partial charge on any atom is 0.0237 e. The SMILES string of the molecule is BrCC1CCCCCN1Cc1ccccc1. The first-order chi connectivity index (χ1) is 7.90. The molecule has 0 amide bonds. The molecule has 1 heterocycles. The highest BCUT2D eigenvalue weighted by Gasteiger charge is 2.19. The monoisotopic (exact) mass is 281 g/mol. The van der Waals surface area contributed by atoms with Crippen molar-refractivity contribution in [1.29, 1.82) is 0 Å². The molecule has 0 bridgehead atoms. The summed E-state index contributed by atoms with van der Waals surface area (Å²) in [4.78, 5) is 2.64. The van der Waals surface area contributed by atoms with Crippen LogP contribution in [0.4, 0.5) is 0 Å². The van der Waals surface area contributed by atoms with Gasteiger partial charge in [0.15, 0.2) is 0 Å². The van der Waals surface area contributed by atoms with Gasteiger partial charge in [0.05, 0.1) is 0 Å². The summed E-state index contributed by atoms with van der Waals surface area (Å²) in [5.74, 6) is 0. The van der Waals surface area contributed by atoms with Crippen LogP contribution in [0.1, 0.15) is 31.2 Å². The first kappa shape index (κ1) is 12.1. The van der Waals surface area contributed by atoms with Crippen LogP contribution in [0.5, 0.6) is 0 Å². The number of hydrogen-bond acceptors (Lipinski definition) is 1. The van der Waals surface area contributed by atoms with E-state index < -0.39 is 0 Å². The minimum absolute atomic E-state index is 0.725. The predicted octanol–water partition coefficient (Wildman–Crippen LogP) is 3.83. The van der Waals surface area contributed by atoms with Crippen molar-refractivity contribution in [3.8, 4) is 0 Å². The third kappa shape index (κ3) is 3.33. The lowest BCUT2D eigenvalue weighted by molar-refractivity contribution is 0.209. The Bertz CT molecular complexity index is 299. The van der Waals surface area contributed by atoms with Crippen molar-refractivity contribution in [2.75, 3.05) is 11.9 Å². The topological polar surface area (TPSA) is 3.24 Å². The first-order valence-electron chi connectivity index (χ1n) is 6.24. The van der Waals surface area contributed by atoms with E-state index in [1.165, 1.54) is 37.8 Å². The lowest BCUT2D eigenvalue weighted by atomic mass is 10.1. The smallest absolute Gasteiger partial charge is 0.0237 e. The Balaban J connectivity index is 2.00. The normalized spacial score (nSPS) is 22.9. The highest BCUT2D eigenvalue weighted by atomic mass is 79.9. The van der Waals surface area contributed by atoms with Gasteiger partial charge in [-0.25, -0.2) is 0 Å². The minimum atomic E-state index is 0.725. The Labute approximate surface area is 107 Å². The number of hydrogen-bond donors (Lipinski definition) is 0.